The maximum atomic E-state index is 14.7. The van der Waals surface area contributed by atoms with Crippen LogP contribution in [0.2, 0.25) is 0 Å². The Bertz CT molecular complexity index is 2550. The van der Waals surface area contributed by atoms with Crippen LogP contribution in [-0.2, 0) is 52.8 Å². The smallest absolute Gasteiger partial charge is 0.355 e. The van der Waals surface area contributed by atoms with Gasteiger partial charge in [-0.05, 0) is 62.4 Å². The Morgan fingerprint density at radius 2 is 1.81 bits per heavy atom. The first-order valence-electron chi connectivity index (χ1n) is 23.7. The molecule has 0 aliphatic carbocycles. The Balaban J connectivity index is 1.13. The molecular formula is C49H65N9O9S. The average Bonchev–Trinajstić information content (AvgIpc) is 3.90. The van der Waals surface area contributed by atoms with Crippen LogP contribution in [0.4, 0.5) is 4.79 Å². The second-order valence-electron chi connectivity index (χ2n) is 19.6. The number of ether oxygens (including phenoxy) is 3. The summed E-state index contributed by atoms with van der Waals surface area (Å²) in [7, 11) is 3.24. The number of fused-ring (bicyclic) bond motifs is 6. The third-order valence-electron chi connectivity index (χ3n) is 13.7. The van der Waals surface area contributed by atoms with Crippen molar-refractivity contribution in [2.75, 3.05) is 66.7 Å². The molecule has 4 atom stereocenters. The molecule has 0 unspecified atom stereocenters. The molecule has 4 aliphatic rings. The molecule has 6 bridgehead atoms. The van der Waals surface area contributed by atoms with Gasteiger partial charge in [0, 0.05) is 105 Å². The minimum Gasteiger partial charge on any atom is -0.462 e. The number of cyclic esters (lactones) is 1. The highest BCUT2D eigenvalue weighted by molar-refractivity contribution is 7.10. The van der Waals surface area contributed by atoms with E-state index < -0.39 is 41.0 Å². The summed E-state index contributed by atoms with van der Waals surface area (Å²) in [5.41, 5.74) is 6.22. The molecule has 3 fully saturated rings. The lowest BCUT2D eigenvalue weighted by Gasteiger charge is -2.41. The van der Waals surface area contributed by atoms with Gasteiger partial charge in [-0.2, -0.15) is 5.43 Å². The van der Waals surface area contributed by atoms with Crippen LogP contribution in [0.25, 0.3) is 33.4 Å². The van der Waals surface area contributed by atoms with Crippen molar-refractivity contribution in [1.29, 1.82) is 0 Å². The number of benzene rings is 1. The lowest BCUT2D eigenvalue weighted by Crippen LogP contribution is -2.67. The molecule has 4 aromatic rings. The summed E-state index contributed by atoms with van der Waals surface area (Å²) in [6.07, 6.45) is 2.21. The molecule has 18 nitrogen and oxygen atoms in total. The number of carbonyl (C=O) groups is 5. The van der Waals surface area contributed by atoms with E-state index in [0.717, 1.165) is 39.0 Å². The molecule has 3 saturated heterocycles. The number of aliphatic hydroxyl groups is 1. The minimum atomic E-state index is -2.23. The quantitative estimate of drug-likeness (QED) is 0.200. The second kappa shape index (κ2) is 19.9. The Kier molecular flexibility index (Phi) is 14.3. The molecule has 0 saturated carbocycles. The first-order chi connectivity index (χ1) is 32.4. The predicted molar refractivity (Wildman–Crippen MR) is 255 cm³/mol. The molecule has 19 heteroatoms. The third-order valence-corrected chi connectivity index (χ3v) is 14.6. The van der Waals surface area contributed by atoms with Gasteiger partial charge in [0.1, 0.15) is 12.1 Å². The summed E-state index contributed by atoms with van der Waals surface area (Å²) in [6, 6.07) is 7.70. The zero-order chi connectivity index (χ0) is 48.7. The molecule has 3 aromatic heterocycles. The number of aryl methyl sites for hydroxylation is 1. The van der Waals surface area contributed by atoms with Crippen molar-refractivity contribution in [2.45, 2.75) is 97.7 Å². The molecular weight excluding hydrogens is 891 g/mol. The monoisotopic (exact) mass is 955 g/mol. The van der Waals surface area contributed by atoms with Crippen LogP contribution in [0.15, 0.2) is 41.9 Å². The molecule has 0 radical (unpaired) electrons. The van der Waals surface area contributed by atoms with Crippen molar-refractivity contribution in [1.82, 2.24) is 45.0 Å². The van der Waals surface area contributed by atoms with Crippen LogP contribution < -0.4 is 10.7 Å². The summed E-state index contributed by atoms with van der Waals surface area (Å²) >= 11 is 1.36. The van der Waals surface area contributed by atoms with E-state index in [1.807, 2.05) is 52.1 Å². The highest BCUT2D eigenvalue weighted by Gasteiger charge is 2.46. The van der Waals surface area contributed by atoms with Gasteiger partial charge in [-0.1, -0.05) is 33.8 Å². The minimum absolute atomic E-state index is 0.0129. The van der Waals surface area contributed by atoms with E-state index in [-0.39, 0.29) is 62.3 Å². The number of amides is 5. The van der Waals surface area contributed by atoms with Crippen LogP contribution in [0, 0.1) is 17.3 Å². The van der Waals surface area contributed by atoms with E-state index in [1.165, 1.54) is 21.2 Å². The predicted octanol–water partition coefficient (Wildman–Crippen LogP) is 4.39. The number of likely N-dealkylation sites (N-methyl/N-ethyl adjacent to an activating group) is 1. The standard InChI is InChI=1S/C49H65N9O9S/c1-9-57-38-14-13-31-22-34(38)35(42(57)33-12-10-16-50-40(33)30(4)65-8)24-48(5,6)28-67-46(62)49(64)15-11-17-58(53-49)45(61)36(23-39-51-37(31)27-68-39)52-43(59)41(29(2)3)54(7)47(63)56-20-18-55(19-21-56)44(60)32-25-66-26-32/h10,12-14,16,22,27,29-30,32,36,41,53,64H,9,11,15,17-21,23-26,28H2,1-8H3,(H,52,59)/t30-,36-,41-,49-/m0/s1. The molecule has 3 N–H and O–H groups in total. The Morgan fingerprint density at radius 3 is 2.49 bits per heavy atom. The fourth-order valence-corrected chi connectivity index (χ4v) is 10.7. The summed E-state index contributed by atoms with van der Waals surface area (Å²) in [5.74, 6) is -2.54. The highest BCUT2D eigenvalue weighted by atomic mass is 32.1. The highest BCUT2D eigenvalue weighted by Crippen LogP contribution is 2.42. The van der Waals surface area contributed by atoms with Gasteiger partial charge < -0.3 is 43.9 Å². The van der Waals surface area contributed by atoms with Crippen molar-refractivity contribution >= 4 is 52.0 Å². The molecule has 1 aromatic carbocycles. The molecule has 366 valence electrons. The summed E-state index contributed by atoms with van der Waals surface area (Å²) in [4.78, 5) is 84.6. The Hall–Kier alpha value is -5.47. The number of methoxy groups -OCH3 is 1. The molecule has 0 spiro atoms. The van der Waals surface area contributed by atoms with Crippen molar-refractivity contribution in [2.24, 2.45) is 17.3 Å². The van der Waals surface area contributed by atoms with Crippen LogP contribution in [0.3, 0.4) is 0 Å². The van der Waals surface area contributed by atoms with Crippen molar-refractivity contribution in [3.63, 3.8) is 0 Å². The van der Waals surface area contributed by atoms with Crippen LogP contribution >= 0.6 is 11.3 Å². The largest absolute Gasteiger partial charge is 0.462 e. The van der Waals surface area contributed by atoms with Gasteiger partial charge in [0.15, 0.2) is 0 Å². The zero-order valence-electron chi connectivity index (χ0n) is 40.4. The van der Waals surface area contributed by atoms with Gasteiger partial charge in [-0.25, -0.2) is 14.6 Å². The molecule has 8 rings (SSSR count). The fourth-order valence-electron chi connectivity index (χ4n) is 9.88. The number of thiazole rings is 1. The van der Waals surface area contributed by atoms with Crippen molar-refractivity contribution < 1.29 is 43.3 Å². The van der Waals surface area contributed by atoms with Crippen molar-refractivity contribution in [3.05, 3.63) is 58.2 Å². The number of piperazine rings is 1. The topological polar surface area (TPSA) is 201 Å². The van der Waals surface area contributed by atoms with E-state index in [1.54, 1.807) is 30.2 Å². The number of pyridine rings is 1. The zero-order valence-corrected chi connectivity index (χ0v) is 41.2. The second-order valence-corrected chi connectivity index (χ2v) is 20.6. The number of hydrogen-bond acceptors (Lipinski definition) is 13. The van der Waals surface area contributed by atoms with Crippen LogP contribution in [0.5, 0.6) is 0 Å². The van der Waals surface area contributed by atoms with Crippen LogP contribution in [-0.4, -0.2) is 154 Å². The number of rotatable bonds is 9. The van der Waals surface area contributed by atoms with Gasteiger partial charge >= 0.3 is 12.0 Å². The average molecular weight is 956 g/mol. The number of esters is 1. The first kappa shape index (κ1) is 49.0. The first-order valence-corrected chi connectivity index (χ1v) is 24.6. The lowest BCUT2D eigenvalue weighted by molar-refractivity contribution is -0.189. The number of nitrogens with one attached hydrogen (secondary N) is 2. The van der Waals surface area contributed by atoms with E-state index in [0.29, 0.717) is 63.1 Å². The number of urea groups is 1. The number of hydrogen-bond donors (Lipinski definition) is 3. The van der Waals surface area contributed by atoms with Gasteiger partial charge in [0.25, 0.3) is 5.91 Å². The van der Waals surface area contributed by atoms with Gasteiger partial charge in [0.05, 0.1) is 53.9 Å². The van der Waals surface area contributed by atoms with Gasteiger partial charge in [0.2, 0.25) is 17.5 Å². The van der Waals surface area contributed by atoms with Crippen LogP contribution in [0.1, 0.15) is 76.8 Å². The lowest BCUT2D eigenvalue weighted by atomic mass is 9.84. The Labute approximate surface area is 401 Å². The van der Waals surface area contributed by atoms with E-state index >= 15 is 0 Å². The summed E-state index contributed by atoms with van der Waals surface area (Å²) < 4.78 is 19.2. The van der Waals surface area contributed by atoms with Gasteiger partial charge in [-0.15, -0.1) is 11.3 Å². The van der Waals surface area contributed by atoms with Gasteiger partial charge in [-0.3, -0.25) is 24.4 Å². The third kappa shape index (κ3) is 9.72. The SMILES string of the molecule is CCn1c(-c2cccnc2[C@H](C)OC)c2c3cc(ccc31)-c1csc(n1)C[C@H](NC(=O)[C@H](C(C)C)N(C)C(=O)N1CCN(C(=O)C3COC3)CC1)C(=O)N1CCC[C@@](O)(N1)C(=O)OCC(C)(C)C2. The van der Waals surface area contributed by atoms with E-state index in [4.69, 9.17) is 24.2 Å². The molecule has 4 aliphatic heterocycles. The summed E-state index contributed by atoms with van der Waals surface area (Å²) in [6.45, 7) is 14.7. The van der Waals surface area contributed by atoms with Crippen molar-refractivity contribution in [3.8, 4) is 22.5 Å². The molecule has 5 amide bonds. The molecule has 68 heavy (non-hydrogen) atoms. The number of nitrogens with zero attached hydrogens (tertiary/aromatic N) is 7. The Morgan fingerprint density at radius 1 is 1.07 bits per heavy atom. The summed E-state index contributed by atoms with van der Waals surface area (Å²) in [5, 5.41) is 19.5. The number of carbonyl (C=O) groups excluding carboxylic acids is 5. The van der Waals surface area contributed by atoms with E-state index in [2.05, 4.69) is 40.4 Å². The fraction of sp³-hybridized carbons (Fsp3) is 0.571. The number of aromatic nitrogens is 3. The maximum absolute atomic E-state index is 14.7. The normalized spacial score (nSPS) is 22.3. The number of hydrazine groups is 1. The molecule has 7 heterocycles. The maximum Gasteiger partial charge on any atom is 0.355 e. The van der Waals surface area contributed by atoms with E-state index in [9.17, 15) is 29.1 Å².